The third-order valence-electron chi connectivity index (χ3n) is 2.30. The highest BCUT2D eigenvalue weighted by Gasteiger charge is 2.34. The first kappa shape index (κ1) is 14.3. The van der Waals surface area contributed by atoms with Gasteiger partial charge in [0.15, 0.2) is 0 Å². The normalized spacial score (nSPS) is 11.6. The van der Waals surface area contributed by atoms with E-state index in [9.17, 15) is 18.0 Å². The number of aromatic amines is 1. The maximum atomic E-state index is 12.9. The van der Waals surface area contributed by atoms with Gasteiger partial charge in [-0.05, 0) is 34.1 Å². The van der Waals surface area contributed by atoms with Crippen LogP contribution in [0.1, 0.15) is 5.56 Å². The fourth-order valence-corrected chi connectivity index (χ4v) is 2.04. The van der Waals surface area contributed by atoms with Crippen LogP contribution in [0.3, 0.4) is 0 Å². The maximum Gasteiger partial charge on any atom is 0.417 e. The molecule has 3 nitrogen and oxygen atoms in total. The Labute approximate surface area is 122 Å². The van der Waals surface area contributed by atoms with Crippen LogP contribution in [0.2, 0.25) is 0 Å². The van der Waals surface area contributed by atoms with Gasteiger partial charge >= 0.3 is 6.18 Å². The first-order valence-corrected chi connectivity index (χ1v) is 6.49. The molecule has 0 atom stereocenters. The maximum absolute atomic E-state index is 12.9. The van der Waals surface area contributed by atoms with Crippen molar-refractivity contribution < 1.29 is 13.2 Å². The van der Waals surface area contributed by atoms with Crippen molar-refractivity contribution in [3.05, 3.63) is 49.3 Å². The minimum absolute atomic E-state index is 0.131. The van der Waals surface area contributed by atoms with E-state index in [0.29, 0.717) is 4.47 Å². The second-order valence-electron chi connectivity index (χ2n) is 3.60. The van der Waals surface area contributed by atoms with Gasteiger partial charge in [-0.3, -0.25) is 4.79 Å². The fraction of sp³-hybridized carbons (Fsp3) is 0.0909. The molecule has 0 aliphatic carbocycles. The Morgan fingerprint density at radius 3 is 2.47 bits per heavy atom. The highest BCUT2D eigenvalue weighted by atomic mass is 79.9. The van der Waals surface area contributed by atoms with Gasteiger partial charge in [0.25, 0.3) is 5.56 Å². The Kier molecular flexibility index (Phi) is 3.82. The van der Waals surface area contributed by atoms with Crippen LogP contribution in [0, 0.1) is 0 Å². The van der Waals surface area contributed by atoms with Gasteiger partial charge in [0.05, 0.1) is 5.56 Å². The van der Waals surface area contributed by atoms with Crippen molar-refractivity contribution in [2.75, 3.05) is 0 Å². The van der Waals surface area contributed by atoms with E-state index in [1.54, 1.807) is 0 Å². The molecule has 0 unspecified atom stereocenters. The number of rotatable bonds is 1. The van der Waals surface area contributed by atoms with Gasteiger partial charge in [0.2, 0.25) is 0 Å². The molecular formula is C11H5Br2F3N2O. The Hall–Kier alpha value is -1.15. The van der Waals surface area contributed by atoms with Crippen LogP contribution in [0.15, 0.2) is 38.1 Å². The van der Waals surface area contributed by atoms with Gasteiger partial charge in [-0.2, -0.15) is 13.2 Å². The predicted molar refractivity (Wildman–Crippen MR) is 70.7 cm³/mol. The largest absolute Gasteiger partial charge is 0.417 e. The molecule has 0 amide bonds. The molecule has 0 radical (unpaired) electrons. The summed E-state index contributed by atoms with van der Waals surface area (Å²) in [6, 6.07) is 3.64. The zero-order chi connectivity index (χ0) is 14.2. The first-order valence-electron chi connectivity index (χ1n) is 4.91. The molecule has 100 valence electrons. The Morgan fingerprint density at radius 2 is 1.89 bits per heavy atom. The molecule has 0 aliphatic rings. The van der Waals surface area contributed by atoms with Crippen LogP contribution in [-0.2, 0) is 6.18 Å². The summed E-state index contributed by atoms with van der Waals surface area (Å²) < 4.78 is 39.3. The monoisotopic (exact) mass is 396 g/mol. The number of nitrogens with one attached hydrogen (secondary N) is 1. The SMILES string of the molecule is O=c1[nH]c(-c2ccc(Br)cc2C(F)(F)F)ncc1Br. The van der Waals surface area contributed by atoms with Crippen molar-refractivity contribution in [3.8, 4) is 11.4 Å². The van der Waals surface area contributed by atoms with Gasteiger partial charge in [0, 0.05) is 16.2 Å². The van der Waals surface area contributed by atoms with Crippen LogP contribution in [0.4, 0.5) is 13.2 Å². The Morgan fingerprint density at radius 1 is 1.21 bits per heavy atom. The highest BCUT2D eigenvalue weighted by Crippen LogP contribution is 2.37. The van der Waals surface area contributed by atoms with Crippen LogP contribution < -0.4 is 5.56 Å². The summed E-state index contributed by atoms with van der Waals surface area (Å²) in [5, 5.41) is 0. The molecular weight excluding hydrogens is 393 g/mol. The summed E-state index contributed by atoms with van der Waals surface area (Å²) in [4.78, 5) is 17.5. The standard InChI is InChI=1S/C11H5Br2F3N2O/c12-5-1-2-6(7(3-5)11(14,15)16)9-17-4-8(13)10(19)18-9/h1-4H,(H,17,18,19). The number of benzene rings is 1. The van der Waals surface area contributed by atoms with Crippen LogP contribution in [-0.4, -0.2) is 9.97 Å². The average molecular weight is 398 g/mol. The zero-order valence-corrected chi connectivity index (χ0v) is 12.2. The van der Waals surface area contributed by atoms with E-state index in [1.165, 1.54) is 12.1 Å². The summed E-state index contributed by atoms with van der Waals surface area (Å²) >= 11 is 5.92. The van der Waals surface area contributed by atoms with Crippen molar-refractivity contribution in [2.24, 2.45) is 0 Å². The van der Waals surface area contributed by atoms with Crippen LogP contribution in [0.5, 0.6) is 0 Å². The summed E-state index contributed by atoms with van der Waals surface area (Å²) in [6.07, 6.45) is -3.37. The van der Waals surface area contributed by atoms with Crippen molar-refractivity contribution in [1.29, 1.82) is 0 Å². The molecule has 0 saturated heterocycles. The lowest BCUT2D eigenvalue weighted by Crippen LogP contribution is -2.12. The van der Waals surface area contributed by atoms with E-state index < -0.39 is 17.3 Å². The molecule has 1 aromatic carbocycles. The lowest BCUT2D eigenvalue weighted by molar-refractivity contribution is -0.137. The molecule has 2 aromatic rings. The lowest BCUT2D eigenvalue weighted by Gasteiger charge is -2.12. The quantitative estimate of drug-likeness (QED) is 0.791. The number of nitrogens with zero attached hydrogens (tertiary/aromatic N) is 1. The van der Waals surface area contributed by atoms with Gasteiger partial charge in [0.1, 0.15) is 10.3 Å². The second-order valence-corrected chi connectivity index (χ2v) is 5.37. The van der Waals surface area contributed by atoms with Gasteiger partial charge in [-0.25, -0.2) is 4.98 Å². The smallest absolute Gasteiger partial charge is 0.306 e. The number of aromatic nitrogens is 2. The zero-order valence-electron chi connectivity index (χ0n) is 9.05. The van der Waals surface area contributed by atoms with E-state index in [-0.39, 0.29) is 15.9 Å². The van der Waals surface area contributed by atoms with Crippen molar-refractivity contribution in [2.45, 2.75) is 6.18 Å². The average Bonchev–Trinajstić information content (AvgIpc) is 2.32. The third kappa shape index (κ3) is 3.06. The molecule has 1 heterocycles. The highest BCUT2D eigenvalue weighted by molar-refractivity contribution is 9.10. The summed E-state index contributed by atoms with van der Waals surface area (Å²) in [5.41, 5.74) is -1.59. The molecule has 8 heteroatoms. The number of hydrogen-bond donors (Lipinski definition) is 1. The van der Waals surface area contributed by atoms with Crippen molar-refractivity contribution in [3.63, 3.8) is 0 Å². The van der Waals surface area contributed by atoms with E-state index in [0.717, 1.165) is 12.3 Å². The molecule has 0 saturated carbocycles. The lowest BCUT2D eigenvalue weighted by atomic mass is 10.1. The molecule has 1 N–H and O–H groups in total. The first-order chi connectivity index (χ1) is 8.79. The molecule has 0 aliphatic heterocycles. The molecule has 0 spiro atoms. The Bertz CT molecular complexity index is 682. The van der Waals surface area contributed by atoms with E-state index in [1.807, 2.05) is 0 Å². The number of hydrogen-bond acceptors (Lipinski definition) is 2. The summed E-state index contributed by atoms with van der Waals surface area (Å²) in [5.74, 6) is -0.131. The summed E-state index contributed by atoms with van der Waals surface area (Å²) in [7, 11) is 0. The van der Waals surface area contributed by atoms with Gasteiger partial charge < -0.3 is 4.98 Å². The molecule has 2 rings (SSSR count). The predicted octanol–water partition coefficient (Wildman–Crippen LogP) is 3.98. The van der Waals surface area contributed by atoms with E-state index in [4.69, 9.17) is 0 Å². The van der Waals surface area contributed by atoms with Gasteiger partial charge in [-0.15, -0.1) is 0 Å². The Balaban J connectivity index is 2.68. The molecule has 1 aromatic heterocycles. The number of H-pyrrole nitrogens is 1. The molecule has 0 fully saturated rings. The van der Waals surface area contributed by atoms with E-state index >= 15 is 0 Å². The van der Waals surface area contributed by atoms with Crippen LogP contribution in [0.25, 0.3) is 11.4 Å². The van der Waals surface area contributed by atoms with Gasteiger partial charge in [-0.1, -0.05) is 15.9 Å². The summed E-state index contributed by atoms with van der Waals surface area (Å²) in [6.45, 7) is 0. The topological polar surface area (TPSA) is 45.8 Å². The number of alkyl halides is 3. The molecule has 19 heavy (non-hydrogen) atoms. The second kappa shape index (κ2) is 5.09. The minimum Gasteiger partial charge on any atom is -0.306 e. The van der Waals surface area contributed by atoms with Crippen molar-refractivity contribution >= 4 is 31.9 Å². The third-order valence-corrected chi connectivity index (χ3v) is 3.36. The minimum atomic E-state index is -4.54. The number of halogens is 5. The fourth-order valence-electron chi connectivity index (χ4n) is 1.47. The molecule has 0 bridgehead atoms. The van der Waals surface area contributed by atoms with E-state index in [2.05, 4.69) is 41.8 Å². The van der Waals surface area contributed by atoms with Crippen molar-refractivity contribution in [1.82, 2.24) is 9.97 Å². The van der Waals surface area contributed by atoms with Crippen LogP contribution >= 0.6 is 31.9 Å².